The van der Waals surface area contributed by atoms with Gasteiger partial charge in [-0.05, 0) is 50.8 Å². The Morgan fingerprint density at radius 2 is 2.04 bits per heavy atom. The molecule has 3 rings (SSSR count). The Bertz CT molecular complexity index is 706. The highest BCUT2D eigenvalue weighted by molar-refractivity contribution is 9.10. The Morgan fingerprint density at radius 1 is 1.39 bits per heavy atom. The summed E-state index contributed by atoms with van der Waals surface area (Å²) < 4.78 is 6.79. The number of aryl methyl sites for hydroxylation is 1. The number of piperidine rings is 1. The van der Waals surface area contributed by atoms with Crippen molar-refractivity contribution in [2.75, 3.05) is 13.1 Å². The van der Waals surface area contributed by atoms with Crippen LogP contribution in [0.2, 0.25) is 0 Å². The molecule has 23 heavy (non-hydrogen) atoms. The summed E-state index contributed by atoms with van der Waals surface area (Å²) in [6.07, 6.45) is 1.93. The fourth-order valence-corrected chi connectivity index (χ4v) is 3.53. The lowest BCUT2D eigenvalue weighted by atomic mass is 9.91. The Labute approximate surface area is 150 Å². The number of amides is 1. The number of fused-ring (bicyclic) bond motifs is 1. The Hall–Kier alpha value is -1.04. The lowest BCUT2D eigenvalue weighted by Crippen LogP contribution is -2.42. The normalized spacial score (nSPS) is 17.1. The van der Waals surface area contributed by atoms with Crippen LogP contribution in [0.25, 0.3) is 11.0 Å². The van der Waals surface area contributed by atoms with Crippen molar-refractivity contribution < 1.29 is 9.21 Å². The maximum Gasteiger partial charge on any atom is 0.289 e. The van der Waals surface area contributed by atoms with Crippen molar-refractivity contribution in [3.8, 4) is 0 Å². The van der Waals surface area contributed by atoms with Crippen LogP contribution in [0.3, 0.4) is 0 Å². The van der Waals surface area contributed by atoms with Gasteiger partial charge in [-0.3, -0.25) is 4.79 Å². The molecule has 0 radical (unpaired) electrons. The average molecular weight is 402 g/mol. The van der Waals surface area contributed by atoms with Gasteiger partial charge in [0, 0.05) is 34.6 Å². The Morgan fingerprint density at radius 3 is 2.65 bits per heavy atom. The van der Waals surface area contributed by atoms with Gasteiger partial charge in [0.05, 0.1) is 0 Å². The van der Waals surface area contributed by atoms with E-state index in [1.807, 2.05) is 36.9 Å². The first-order valence-electron chi connectivity index (χ1n) is 7.71. The van der Waals surface area contributed by atoms with Crippen LogP contribution in [0.4, 0.5) is 0 Å². The van der Waals surface area contributed by atoms with E-state index in [-0.39, 0.29) is 24.4 Å². The van der Waals surface area contributed by atoms with E-state index in [0.29, 0.717) is 11.7 Å². The minimum Gasteiger partial charge on any atom is -0.451 e. The zero-order chi connectivity index (χ0) is 15.9. The van der Waals surface area contributed by atoms with E-state index in [1.165, 1.54) is 0 Å². The van der Waals surface area contributed by atoms with Gasteiger partial charge in [-0.1, -0.05) is 15.9 Å². The van der Waals surface area contributed by atoms with E-state index in [0.717, 1.165) is 46.9 Å². The van der Waals surface area contributed by atoms with Crippen molar-refractivity contribution in [1.29, 1.82) is 0 Å². The van der Waals surface area contributed by atoms with Gasteiger partial charge >= 0.3 is 0 Å². The fraction of sp³-hybridized carbons (Fsp3) is 0.471. The van der Waals surface area contributed by atoms with Crippen LogP contribution in [0.1, 0.15) is 35.9 Å². The Balaban J connectivity index is 0.00000192. The molecule has 1 aliphatic rings. The topological polar surface area (TPSA) is 59.5 Å². The van der Waals surface area contributed by atoms with E-state index in [1.54, 1.807) is 0 Å². The first-order valence-corrected chi connectivity index (χ1v) is 8.50. The first kappa shape index (κ1) is 18.3. The zero-order valence-electron chi connectivity index (χ0n) is 13.3. The quantitative estimate of drug-likeness (QED) is 0.823. The van der Waals surface area contributed by atoms with Gasteiger partial charge in [-0.2, -0.15) is 0 Å². The minimum absolute atomic E-state index is 0. The maximum absolute atomic E-state index is 12.7. The molecule has 0 spiro atoms. The lowest BCUT2D eigenvalue weighted by molar-refractivity contribution is 0.0650. The highest BCUT2D eigenvalue weighted by Gasteiger charge is 2.28. The number of hydrogen-bond acceptors (Lipinski definition) is 3. The molecule has 1 aromatic carbocycles. The highest BCUT2D eigenvalue weighted by Crippen LogP contribution is 2.30. The summed E-state index contributed by atoms with van der Waals surface area (Å²) in [6, 6.07) is 6.01. The smallest absolute Gasteiger partial charge is 0.289 e. The summed E-state index contributed by atoms with van der Waals surface area (Å²) in [5.41, 5.74) is 7.63. The van der Waals surface area contributed by atoms with Crippen molar-refractivity contribution in [3.63, 3.8) is 0 Å². The summed E-state index contributed by atoms with van der Waals surface area (Å²) in [7, 11) is 0. The van der Waals surface area contributed by atoms with E-state index in [4.69, 9.17) is 10.2 Å². The molecule has 1 unspecified atom stereocenters. The molecule has 2 heterocycles. The van der Waals surface area contributed by atoms with Crippen LogP contribution in [-0.4, -0.2) is 29.9 Å². The first-order chi connectivity index (χ1) is 10.5. The zero-order valence-corrected chi connectivity index (χ0v) is 15.7. The number of halogens is 2. The van der Waals surface area contributed by atoms with Crippen LogP contribution >= 0.6 is 28.3 Å². The van der Waals surface area contributed by atoms with Gasteiger partial charge in [-0.25, -0.2) is 0 Å². The lowest BCUT2D eigenvalue weighted by Gasteiger charge is -2.33. The van der Waals surface area contributed by atoms with Crippen LogP contribution in [-0.2, 0) is 0 Å². The molecule has 2 N–H and O–H groups in total. The SMILES string of the molecule is Cc1c(C(=O)N2CCC(C(C)N)CC2)oc2ccc(Br)cc12.Cl. The van der Waals surface area contributed by atoms with Crippen molar-refractivity contribution in [2.24, 2.45) is 11.7 Å². The fourth-order valence-electron chi connectivity index (χ4n) is 3.17. The van der Waals surface area contributed by atoms with Crippen molar-refractivity contribution in [1.82, 2.24) is 4.90 Å². The number of carbonyl (C=O) groups is 1. The molecule has 4 nitrogen and oxygen atoms in total. The highest BCUT2D eigenvalue weighted by atomic mass is 79.9. The molecule has 6 heteroatoms. The molecule has 1 atom stereocenters. The second kappa shape index (κ2) is 7.24. The molecule has 1 fully saturated rings. The monoisotopic (exact) mass is 400 g/mol. The maximum atomic E-state index is 12.7. The molecule has 126 valence electrons. The number of carbonyl (C=O) groups excluding carboxylic acids is 1. The standard InChI is InChI=1S/C17H21BrN2O2.ClH/c1-10-14-9-13(18)3-4-15(14)22-16(10)17(21)20-7-5-12(6-8-20)11(2)19;/h3-4,9,11-12H,5-8,19H2,1-2H3;1H. The summed E-state index contributed by atoms with van der Waals surface area (Å²) in [5.74, 6) is 0.970. The molecular formula is C17H22BrClN2O2. The molecule has 0 aliphatic carbocycles. The predicted molar refractivity (Wildman–Crippen MR) is 98.2 cm³/mol. The molecule has 1 aromatic heterocycles. The number of furan rings is 1. The minimum atomic E-state index is -0.00653. The molecule has 0 saturated carbocycles. The van der Waals surface area contributed by atoms with Gasteiger partial charge in [0.25, 0.3) is 5.91 Å². The number of nitrogens with zero attached hydrogens (tertiary/aromatic N) is 1. The van der Waals surface area contributed by atoms with Crippen molar-refractivity contribution in [3.05, 3.63) is 34.0 Å². The van der Waals surface area contributed by atoms with Crippen LogP contribution < -0.4 is 5.73 Å². The van der Waals surface area contributed by atoms with Gasteiger partial charge < -0.3 is 15.1 Å². The third-order valence-corrected chi connectivity index (χ3v) is 5.16. The number of likely N-dealkylation sites (tertiary alicyclic amines) is 1. The molecule has 0 bridgehead atoms. The van der Waals surface area contributed by atoms with Gasteiger partial charge in [-0.15, -0.1) is 12.4 Å². The van der Waals surface area contributed by atoms with Gasteiger partial charge in [0.1, 0.15) is 5.58 Å². The number of nitrogens with two attached hydrogens (primary N) is 1. The third-order valence-electron chi connectivity index (χ3n) is 4.66. The van der Waals surface area contributed by atoms with Crippen molar-refractivity contribution >= 4 is 45.2 Å². The Kier molecular flexibility index (Phi) is 5.76. The summed E-state index contributed by atoms with van der Waals surface area (Å²) in [5, 5.41) is 0.989. The largest absolute Gasteiger partial charge is 0.451 e. The molecular weight excluding hydrogens is 380 g/mol. The third kappa shape index (κ3) is 3.57. The second-order valence-corrected chi connectivity index (χ2v) is 7.10. The summed E-state index contributed by atoms with van der Waals surface area (Å²) in [6.45, 7) is 5.50. The van der Waals surface area contributed by atoms with Gasteiger partial charge in [0.2, 0.25) is 0 Å². The van der Waals surface area contributed by atoms with Crippen LogP contribution in [0.5, 0.6) is 0 Å². The number of hydrogen-bond donors (Lipinski definition) is 1. The molecule has 1 saturated heterocycles. The van der Waals surface area contributed by atoms with E-state index in [2.05, 4.69) is 15.9 Å². The predicted octanol–water partition coefficient (Wildman–Crippen LogP) is 4.12. The van der Waals surface area contributed by atoms with Crippen LogP contribution in [0.15, 0.2) is 27.1 Å². The van der Waals surface area contributed by atoms with Gasteiger partial charge in [0.15, 0.2) is 5.76 Å². The molecule has 2 aromatic rings. The number of benzene rings is 1. The van der Waals surface area contributed by atoms with E-state index in [9.17, 15) is 4.79 Å². The number of rotatable bonds is 2. The molecule has 1 amide bonds. The van der Waals surface area contributed by atoms with E-state index < -0.39 is 0 Å². The van der Waals surface area contributed by atoms with Crippen LogP contribution in [0, 0.1) is 12.8 Å². The molecule has 1 aliphatic heterocycles. The second-order valence-electron chi connectivity index (χ2n) is 6.19. The summed E-state index contributed by atoms with van der Waals surface area (Å²) in [4.78, 5) is 14.6. The van der Waals surface area contributed by atoms with Crippen molar-refractivity contribution in [2.45, 2.75) is 32.7 Å². The summed E-state index contributed by atoms with van der Waals surface area (Å²) >= 11 is 3.46. The van der Waals surface area contributed by atoms with E-state index >= 15 is 0 Å². The average Bonchev–Trinajstić information content (AvgIpc) is 2.83.